The van der Waals surface area contributed by atoms with E-state index < -0.39 is 0 Å². The smallest absolute Gasteiger partial charge is 0.245 e. The third-order valence-electron chi connectivity index (χ3n) is 4.44. The zero-order valence-electron chi connectivity index (χ0n) is 14.6. The monoisotopic (exact) mass is 357 g/mol. The second kappa shape index (κ2) is 7.43. The molecule has 1 aliphatic heterocycles. The van der Waals surface area contributed by atoms with E-state index in [1.807, 2.05) is 66.8 Å². The quantitative estimate of drug-likeness (QED) is 0.624. The van der Waals surface area contributed by atoms with Gasteiger partial charge in [0.15, 0.2) is 0 Å². The Morgan fingerprint density at radius 3 is 2.85 bits per heavy atom. The van der Waals surface area contributed by atoms with Crippen LogP contribution >= 0.6 is 0 Å². The van der Waals surface area contributed by atoms with Gasteiger partial charge in [-0.1, -0.05) is 54.6 Å². The topological polar surface area (TPSA) is 74.2 Å². The van der Waals surface area contributed by atoms with Gasteiger partial charge in [-0.15, -0.1) is 0 Å². The molecule has 2 heterocycles. The van der Waals surface area contributed by atoms with Crippen LogP contribution in [0.1, 0.15) is 11.3 Å². The molecule has 0 spiro atoms. The first kappa shape index (κ1) is 17.0. The van der Waals surface area contributed by atoms with Crippen LogP contribution in [0.15, 0.2) is 66.7 Å². The average Bonchev–Trinajstić information content (AvgIpc) is 3.23. The minimum absolute atomic E-state index is 0.0849. The van der Waals surface area contributed by atoms with Gasteiger partial charge in [-0.05, 0) is 29.8 Å². The Kier molecular flexibility index (Phi) is 4.68. The van der Waals surface area contributed by atoms with Crippen molar-refractivity contribution in [3.8, 4) is 5.75 Å². The number of phenolic OH excluding ortho intramolecular Hbond substituents is 1. The van der Waals surface area contributed by atoms with Crippen LogP contribution in [0.3, 0.4) is 0 Å². The van der Waals surface area contributed by atoms with Crippen LogP contribution < -0.4 is 10.6 Å². The lowest BCUT2D eigenvalue weighted by atomic mass is 10.1. The van der Waals surface area contributed by atoms with Crippen molar-refractivity contribution in [3.63, 3.8) is 0 Å². The Labute approximate surface area is 157 Å². The second-order valence-electron chi connectivity index (χ2n) is 6.31. The molecule has 1 aromatic heterocycles. The van der Waals surface area contributed by atoms with Crippen LogP contribution in [0.5, 0.6) is 5.75 Å². The highest BCUT2D eigenvalue weighted by atomic mass is 16.3. The van der Waals surface area contributed by atoms with Crippen LogP contribution in [0.2, 0.25) is 0 Å². The van der Waals surface area contributed by atoms with Crippen molar-refractivity contribution in [1.29, 1.82) is 0 Å². The number of fused-ring (bicyclic) bond motifs is 1. The molecule has 5 nitrogen and oxygen atoms in total. The van der Waals surface area contributed by atoms with Gasteiger partial charge in [0.05, 0.1) is 5.69 Å². The van der Waals surface area contributed by atoms with Crippen molar-refractivity contribution in [1.82, 2.24) is 10.3 Å². The SMILES string of the molecule is O=C(Nc1ccccc1/C=C/c1ccc2cccc(O)c2n1)[C@@H]1C=CCN1. The lowest BCUT2D eigenvalue weighted by Crippen LogP contribution is -2.35. The number of benzene rings is 2. The highest BCUT2D eigenvalue weighted by molar-refractivity contribution is 5.98. The third kappa shape index (κ3) is 3.73. The maximum atomic E-state index is 12.3. The Morgan fingerprint density at radius 1 is 1.11 bits per heavy atom. The first-order chi connectivity index (χ1) is 13.2. The van der Waals surface area contributed by atoms with E-state index in [-0.39, 0.29) is 17.7 Å². The minimum Gasteiger partial charge on any atom is -0.506 e. The summed E-state index contributed by atoms with van der Waals surface area (Å²) < 4.78 is 0. The molecule has 0 radical (unpaired) electrons. The predicted molar refractivity (Wildman–Crippen MR) is 108 cm³/mol. The summed E-state index contributed by atoms with van der Waals surface area (Å²) in [4.78, 5) is 16.8. The number of hydrogen-bond acceptors (Lipinski definition) is 4. The van der Waals surface area contributed by atoms with Crippen molar-refractivity contribution >= 4 is 34.6 Å². The summed E-state index contributed by atoms with van der Waals surface area (Å²) in [5, 5.41) is 16.9. The molecule has 27 heavy (non-hydrogen) atoms. The molecule has 0 unspecified atom stereocenters. The molecule has 1 amide bonds. The molecule has 5 heteroatoms. The van der Waals surface area contributed by atoms with Gasteiger partial charge in [0.1, 0.15) is 17.3 Å². The molecule has 1 aliphatic rings. The van der Waals surface area contributed by atoms with Crippen molar-refractivity contribution in [2.75, 3.05) is 11.9 Å². The number of hydrogen-bond donors (Lipinski definition) is 3. The van der Waals surface area contributed by atoms with Crippen molar-refractivity contribution < 1.29 is 9.90 Å². The fourth-order valence-corrected chi connectivity index (χ4v) is 3.03. The molecule has 134 valence electrons. The molecule has 3 N–H and O–H groups in total. The van der Waals surface area contributed by atoms with Crippen LogP contribution in [0, 0.1) is 0 Å². The summed E-state index contributed by atoms with van der Waals surface area (Å²) in [6.45, 7) is 0.708. The highest BCUT2D eigenvalue weighted by Crippen LogP contribution is 2.24. The fourth-order valence-electron chi connectivity index (χ4n) is 3.03. The molecule has 0 aliphatic carbocycles. The van der Waals surface area contributed by atoms with E-state index in [0.29, 0.717) is 12.1 Å². The zero-order chi connectivity index (χ0) is 18.6. The number of para-hydroxylation sites is 2. The molecule has 2 aromatic carbocycles. The Balaban J connectivity index is 1.58. The molecule has 3 aromatic rings. The molecule has 0 bridgehead atoms. The van der Waals surface area contributed by atoms with E-state index in [0.717, 1.165) is 22.3 Å². The van der Waals surface area contributed by atoms with Gasteiger partial charge in [-0.3, -0.25) is 10.1 Å². The van der Waals surface area contributed by atoms with Crippen LogP contribution in [0.4, 0.5) is 5.69 Å². The Morgan fingerprint density at radius 2 is 2.00 bits per heavy atom. The van der Waals surface area contributed by atoms with Gasteiger partial charge in [-0.2, -0.15) is 0 Å². The second-order valence-corrected chi connectivity index (χ2v) is 6.31. The standard InChI is InChI=1S/C22H19N3O2/c26-20-9-3-6-16-11-13-17(24-21(16)20)12-10-15-5-1-2-7-18(15)25-22(27)19-8-4-14-23-19/h1-13,19,23,26H,14H2,(H,25,27)/b12-10+/t19-/m0/s1. The molecule has 4 rings (SSSR count). The lowest BCUT2D eigenvalue weighted by molar-refractivity contribution is -0.116. The number of carbonyl (C=O) groups excluding carboxylic acids is 1. The fraction of sp³-hybridized carbons (Fsp3) is 0.0909. The molecule has 1 atom stereocenters. The van der Waals surface area contributed by atoms with E-state index in [9.17, 15) is 9.90 Å². The summed E-state index contributed by atoms with van der Waals surface area (Å²) in [6, 6.07) is 16.5. The number of aromatic nitrogens is 1. The van der Waals surface area contributed by atoms with E-state index >= 15 is 0 Å². The normalized spacial score (nSPS) is 16.2. The molecule has 0 fully saturated rings. The van der Waals surface area contributed by atoms with Crippen molar-refractivity contribution in [3.05, 3.63) is 78.0 Å². The average molecular weight is 357 g/mol. The van der Waals surface area contributed by atoms with E-state index in [1.165, 1.54) is 0 Å². The van der Waals surface area contributed by atoms with Gasteiger partial charge >= 0.3 is 0 Å². The summed E-state index contributed by atoms with van der Waals surface area (Å²) in [5.74, 6) is 0.0749. The van der Waals surface area contributed by atoms with Gasteiger partial charge < -0.3 is 10.4 Å². The summed E-state index contributed by atoms with van der Waals surface area (Å²) in [7, 11) is 0. The summed E-state index contributed by atoms with van der Waals surface area (Å²) >= 11 is 0. The molecular weight excluding hydrogens is 338 g/mol. The van der Waals surface area contributed by atoms with Gasteiger partial charge in [0.2, 0.25) is 5.91 Å². The molecule has 0 saturated heterocycles. The Bertz CT molecular complexity index is 1060. The number of rotatable bonds is 4. The summed E-state index contributed by atoms with van der Waals surface area (Å²) in [6.07, 6.45) is 7.57. The number of phenols is 1. The van der Waals surface area contributed by atoms with Crippen LogP contribution in [-0.4, -0.2) is 28.6 Å². The number of nitrogens with zero attached hydrogens (tertiary/aromatic N) is 1. The van der Waals surface area contributed by atoms with Gasteiger partial charge in [0.25, 0.3) is 0 Å². The first-order valence-electron chi connectivity index (χ1n) is 8.77. The number of anilines is 1. The van der Waals surface area contributed by atoms with E-state index in [1.54, 1.807) is 12.1 Å². The maximum Gasteiger partial charge on any atom is 0.245 e. The largest absolute Gasteiger partial charge is 0.506 e. The van der Waals surface area contributed by atoms with E-state index in [2.05, 4.69) is 15.6 Å². The zero-order valence-corrected chi connectivity index (χ0v) is 14.6. The van der Waals surface area contributed by atoms with Crippen LogP contribution in [0.25, 0.3) is 23.1 Å². The lowest BCUT2D eigenvalue weighted by Gasteiger charge is -2.12. The number of aromatic hydroxyl groups is 1. The third-order valence-corrected chi connectivity index (χ3v) is 4.44. The predicted octanol–water partition coefficient (Wildman–Crippen LogP) is 3.58. The summed E-state index contributed by atoms with van der Waals surface area (Å²) in [5.41, 5.74) is 2.92. The van der Waals surface area contributed by atoms with Crippen LogP contribution in [-0.2, 0) is 4.79 Å². The van der Waals surface area contributed by atoms with Crippen molar-refractivity contribution in [2.45, 2.75) is 6.04 Å². The first-order valence-corrected chi connectivity index (χ1v) is 8.77. The van der Waals surface area contributed by atoms with Gasteiger partial charge in [-0.25, -0.2) is 4.98 Å². The number of carbonyl (C=O) groups is 1. The minimum atomic E-state index is -0.299. The van der Waals surface area contributed by atoms with Gasteiger partial charge in [0, 0.05) is 17.6 Å². The maximum absolute atomic E-state index is 12.3. The number of nitrogens with one attached hydrogen (secondary N) is 2. The molecule has 0 saturated carbocycles. The molecular formula is C22H19N3O2. The van der Waals surface area contributed by atoms with Crippen molar-refractivity contribution in [2.24, 2.45) is 0 Å². The Hall–Kier alpha value is -3.44. The van der Waals surface area contributed by atoms with E-state index in [4.69, 9.17) is 0 Å². The number of pyridine rings is 1. The highest BCUT2D eigenvalue weighted by Gasteiger charge is 2.17. The number of amides is 1.